The van der Waals surface area contributed by atoms with Crippen molar-refractivity contribution in [2.24, 2.45) is 4.99 Å². The molecule has 0 aliphatic carbocycles. The van der Waals surface area contributed by atoms with Gasteiger partial charge in [0.1, 0.15) is 0 Å². The number of amides is 1. The van der Waals surface area contributed by atoms with Gasteiger partial charge in [-0.25, -0.2) is 4.99 Å². The smallest absolute Gasteiger partial charge is 0.277 e. The molecule has 1 aliphatic rings. The Morgan fingerprint density at radius 1 is 1.20 bits per heavy atom. The molecule has 0 radical (unpaired) electrons. The van der Waals surface area contributed by atoms with Gasteiger partial charge in [-0.3, -0.25) is 4.79 Å². The van der Waals surface area contributed by atoms with Crippen LogP contribution in [-0.2, 0) is 6.42 Å². The van der Waals surface area contributed by atoms with Crippen molar-refractivity contribution in [3.8, 4) is 11.5 Å². The number of fused-ring (bicyclic) bond motifs is 1. The second-order valence-electron chi connectivity index (χ2n) is 3.19. The minimum atomic E-state index is -0.225. The van der Waals surface area contributed by atoms with Crippen molar-refractivity contribution < 1.29 is 14.3 Å². The van der Waals surface area contributed by atoms with Gasteiger partial charge in [-0.15, -0.1) is 0 Å². The number of aliphatic imine (C=N–C) groups is 1. The fraction of sp³-hybridized carbons (Fsp3) is 0.273. The largest absolute Gasteiger partial charge is 0.493 e. The lowest BCUT2D eigenvalue weighted by molar-refractivity contribution is 0.100. The van der Waals surface area contributed by atoms with Gasteiger partial charge in [0.15, 0.2) is 11.5 Å². The number of benzene rings is 1. The molecule has 4 heteroatoms. The summed E-state index contributed by atoms with van der Waals surface area (Å²) in [6.07, 6.45) is 2.26. The molecule has 0 unspecified atom stereocenters. The third-order valence-electron chi connectivity index (χ3n) is 2.36. The summed E-state index contributed by atoms with van der Waals surface area (Å²) in [5.41, 5.74) is 1.52. The predicted molar refractivity (Wildman–Crippen MR) is 56.1 cm³/mol. The van der Waals surface area contributed by atoms with Gasteiger partial charge in [0.2, 0.25) is 0 Å². The van der Waals surface area contributed by atoms with Gasteiger partial charge in [0, 0.05) is 18.2 Å². The molecular formula is C11H11NO3. The zero-order chi connectivity index (χ0) is 10.8. The first-order valence-electron chi connectivity index (χ1n) is 4.58. The molecule has 1 heterocycles. The fourth-order valence-electron chi connectivity index (χ4n) is 1.59. The Balaban J connectivity index is 2.56. The van der Waals surface area contributed by atoms with E-state index >= 15 is 0 Å². The molecule has 0 atom stereocenters. The average Bonchev–Trinajstić information content (AvgIpc) is 2.28. The van der Waals surface area contributed by atoms with E-state index in [1.54, 1.807) is 26.5 Å². The van der Waals surface area contributed by atoms with Crippen molar-refractivity contribution in [2.75, 3.05) is 14.2 Å². The Bertz CT molecular complexity index is 438. The topological polar surface area (TPSA) is 47.9 Å². The molecule has 0 saturated carbocycles. The summed E-state index contributed by atoms with van der Waals surface area (Å²) >= 11 is 0. The van der Waals surface area contributed by atoms with Crippen LogP contribution in [0.15, 0.2) is 17.1 Å². The maximum atomic E-state index is 11.5. The minimum Gasteiger partial charge on any atom is -0.493 e. The molecule has 4 nitrogen and oxygen atoms in total. The Kier molecular flexibility index (Phi) is 2.41. The highest BCUT2D eigenvalue weighted by Crippen LogP contribution is 2.31. The van der Waals surface area contributed by atoms with Crippen molar-refractivity contribution in [3.05, 3.63) is 23.3 Å². The summed E-state index contributed by atoms with van der Waals surface area (Å²) in [4.78, 5) is 15.2. The van der Waals surface area contributed by atoms with Crippen LogP contribution in [0.3, 0.4) is 0 Å². The van der Waals surface area contributed by atoms with Crippen molar-refractivity contribution in [2.45, 2.75) is 6.42 Å². The number of hydrogen-bond acceptors (Lipinski definition) is 3. The number of carbonyl (C=O) groups excluding carboxylic acids is 1. The molecule has 0 N–H and O–H groups in total. The number of ether oxygens (including phenoxy) is 2. The number of hydrogen-bond donors (Lipinski definition) is 0. The van der Waals surface area contributed by atoms with E-state index < -0.39 is 0 Å². The lowest BCUT2D eigenvalue weighted by atomic mass is 10.0. The molecule has 0 spiro atoms. The van der Waals surface area contributed by atoms with Crippen molar-refractivity contribution >= 4 is 12.1 Å². The van der Waals surface area contributed by atoms with Gasteiger partial charge >= 0.3 is 0 Å². The third kappa shape index (κ3) is 1.58. The molecule has 1 amide bonds. The molecule has 0 aromatic heterocycles. The highest BCUT2D eigenvalue weighted by molar-refractivity contribution is 6.04. The second kappa shape index (κ2) is 3.73. The van der Waals surface area contributed by atoms with E-state index in [0.717, 1.165) is 5.56 Å². The molecule has 15 heavy (non-hydrogen) atoms. The summed E-state index contributed by atoms with van der Waals surface area (Å²) < 4.78 is 10.3. The highest BCUT2D eigenvalue weighted by Gasteiger charge is 2.18. The lowest BCUT2D eigenvalue weighted by Gasteiger charge is -2.14. The Morgan fingerprint density at radius 2 is 1.87 bits per heavy atom. The fourth-order valence-corrected chi connectivity index (χ4v) is 1.59. The van der Waals surface area contributed by atoms with E-state index in [1.807, 2.05) is 6.07 Å². The molecule has 1 aromatic rings. The first-order chi connectivity index (χ1) is 7.26. The van der Waals surface area contributed by atoms with Gasteiger partial charge in [0.25, 0.3) is 5.91 Å². The van der Waals surface area contributed by atoms with Gasteiger partial charge < -0.3 is 9.47 Å². The molecule has 1 aromatic carbocycles. The van der Waals surface area contributed by atoms with Crippen LogP contribution in [0.1, 0.15) is 15.9 Å². The summed E-state index contributed by atoms with van der Waals surface area (Å²) in [5, 5.41) is 0. The summed E-state index contributed by atoms with van der Waals surface area (Å²) in [7, 11) is 3.11. The molecule has 0 bridgehead atoms. The molecule has 0 fully saturated rings. The molecule has 2 rings (SSSR count). The van der Waals surface area contributed by atoms with Crippen molar-refractivity contribution in [3.63, 3.8) is 0 Å². The molecular weight excluding hydrogens is 194 g/mol. The van der Waals surface area contributed by atoms with Crippen LogP contribution in [0, 0.1) is 0 Å². The van der Waals surface area contributed by atoms with Crippen LogP contribution in [-0.4, -0.2) is 26.3 Å². The Labute approximate surface area is 87.5 Å². The molecule has 0 saturated heterocycles. The van der Waals surface area contributed by atoms with Crippen molar-refractivity contribution in [1.82, 2.24) is 0 Å². The number of nitrogens with zero attached hydrogens (tertiary/aromatic N) is 1. The lowest BCUT2D eigenvalue weighted by Crippen LogP contribution is -2.09. The summed E-state index contributed by atoms with van der Waals surface area (Å²) in [6, 6.07) is 3.49. The minimum absolute atomic E-state index is 0.225. The maximum absolute atomic E-state index is 11.5. The van der Waals surface area contributed by atoms with Gasteiger partial charge in [0.05, 0.1) is 14.2 Å². The zero-order valence-electron chi connectivity index (χ0n) is 8.61. The molecule has 1 aliphatic heterocycles. The van der Waals surface area contributed by atoms with Gasteiger partial charge in [-0.1, -0.05) is 0 Å². The van der Waals surface area contributed by atoms with Crippen LogP contribution in [0.25, 0.3) is 0 Å². The monoisotopic (exact) mass is 205 g/mol. The van der Waals surface area contributed by atoms with E-state index in [0.29, 0.717) is 23.5 Å². The van der Waals surface area contributed by atoms with Crippen LogP contribution in [0.4, 0.5) is 0 Å². The molecule has 78 valence electrons. The van der Waals surface area contributed by atoms with E-state index in [1.165, 1.54) is 0 Å². The Morgan fingerprint density at radius 3 is 2.53 bits per heavy atom. The van der Waals surface area contributed by atoms with E-state index in [-0.39, 0.29) is 5.91 Å². The SMILES string of the molecule is COc1cc2c(cc1OC)C(=O)N=CC2. The predicted octanol–water partition coefficient (Wildman–Crippen LogP) is 1.47. The third-order valence-corrected chi connectivity index (χ3v) is 2.36. The number of rotatable bonds is 2. The first-order valence-corrected chi connectivity index (χ1v) is 4.58. The normalized spacial score (nSPS) is 13.6. The van der Waals surface area contributed by atoms with Crippen LogP contribution in [0.5, 0.6) is 11.5 Å². The van der Waals surface area contributed by atoms with Gasteiger partial charge in [-0.2, -0.15) is 0 Å². The van der Waals surface area contributed by atoms with E-state index in [9.17, 15) is 4.79 Å². The van der Waals surface area contributed by atoms with Crippen LogP contribution in [0.2, 0.25) is 0 Å². The number of carbonyl (C=O) groups is 1. The van der Waals surface area contributed by atoms with Crippen LogP contribution < -0.4 is 9.47 Å². The van der Waals surface area contributed by atoms with E-state index in [2.05, 4.69) is 4.99 Å². The summed E-state index contributed by atoms with van der Waals surface area (Å²) in [5.74, 6) is 0.971. The van der Waals surface area contributed by atoms with Crippen molar-refractivity contribution in [1.29, 1.82) is 0 Å². The zero-order valence-corrected chi connectivity index (χ0v) is 8.61. The number of methoxy groups -OCH3 is 2. The second-order valence-corrected chi connectivity index (χ2v) is 3.19. The average molecular weight is 205 g/mol. The summed E-state index contributed by atoms with van der Waals surface area (Å²) in [6.45, 7) is 0. The Hall–Kier alpha value is -1.84. The quantitative estimate of drug-likeness (QED) is 0.734. The van der Waals surface area contributed by atoms with Gasteiger partial charge in [-0.05, 0) is 17.7 Å². The first kappa shape index (κ1) is 9.71. The standard InChI is InChI=1S/C11H11NO3/c1-14-9-5-7-3-4-12-11(13)8(7)6-10(9)15-2/h4-6H,3H2,1-2H3. The van der Waals surface area contributed by atoms with Crippen LogP contribution >= 0.6 is 0 Å². The highest BCUT2D eigenvalue weighted by atomic mass is 16.5. The maximum Gasteiger partial charge on any atom is 0.277 e. The van der Waals surface area contributed by atoms with E-state index in [4.69, 9.17) is 9.47 Å².